The molecule has 2 aliphatic heterocycles. The number of nitrogens with one attached hydrogen (secondary N) is 1. The van der Waals surface area contributed by atoms with Crippen LogP contribution in [0.1, 0.15) is 5.56 Å². The summed E-state index contributed by atoms with van der Waals surface area (Å²) >= 11 is 0. The summed E-state index contributed by atoms with van der Waals surface area (Å²) in [5, 5.41) is 4.00. The van der Waals surface area contributed by atoms with Crippen molar-refractivity contribution in [2.75, 3.05) is 66.3 Å². The highest BCUT2D eigenvalue weighted by Gasteiger charge is 2.30. The molecule has 7 rings (SSSR count). The number of likely N-dealkylation sites (N-methyl/N-ethyl adjacent to an activating group) is 1. The second-order valence-electron chi connectivity index (χ2n) is 11.6. The van der Waals surface area contributed by atoms with Crippen molar-refractivity contribution in [1.82, 2.24) is 24.4 Å². The second kappa shape index (κ2) is 12.1. The molecule has 1 saturated heterocycles. The summed E-state index contributed by atoms with van der Waals surface area (Å²) in [6.07, 6.45) is 6.37. The van der Waals surface area contributed by atoms with Crippen LogP contribution < -0.4 is 25.6 Å². The van der Waals surface area contributed by atoms with Gasteiger partial charge in [0.25, 0.3) is 11.5 Å². The van der Waals surface area contributed by atoms with Crippen LogP contribution in [0.4, 0.5) is 34.4 Å². The van der Waals surface area contributed by atoms with E-state index in [2.05, 4.69) is 50.8 Å². The van der Waals surface area contributed by atoms with Gasteiger partial charge in [0.15, 0.2) is 5.65 Å². The van der Waals surface area contributed by atoms with Crippen LogP contribution >= 0.6 is 0 Å². The number of carbonyl (C=O) groups is 1. The molecule has 11 heteroatoms. The van der Waals surface area contributed by atoms with E-state index < -0.39 is 0 Å². The first-order chi connectivity index (χ1) is 22.4. The maximum Gasteiger partial charge on any atom is 0.280 e. The minimum absolute atomic E-state index is 0.177. The van der Waals surface area contributed by atoms with Gasteiger partial charge in [0.05, 0.1) is 23.3 Å². The fourth-order valence-corrected chi connectivity index (χ4v) is 6.24. The lowest BCUT2D eigenvalue weighted by molar-refractivity contribution is -0.114. The highest BCUT2D eigenvalue weighted by Crippen LogP contribution is 2.40. The molecule has 2 aliphatic rings. The van der Waals surface area contributed by atoms with E-state index in [0.717, 1.165) is 48.8 Å². The standard InChI is InChI=1S/C35H35N9O2/c1-4-31(45)43-20-19-42(29-9-5-7-24(2)32(29)43)30-21-25-22-37-35(39-33(25)44(34(30)46)28-8-6-14-36-23-28)38-26-10-12-27(13-11-26)41-17-15-40(3)16-18-41/h4-14,21-23H,1,15-20H2,2-3H3,(H,37,38,39). The van der Waals surface area contributed by atoms with Crippen LogP contribution in [0, 0.1) is 6.92 Å². The first-order valence-corrected chi connectivity index (χ1v) is 15.4. The summed E-state index contributed by atoms with van der Waals surface area (Å²) in [4.78, 5) is 49.3. The van der Waals surface area contributed by atoms with E-state index in [9.17, 15) is 9.59 Å². The Bertz CT molecular complexity index is 1980. The number of hydrogen-bond donors (Lipinski definition) is 1. The average molecular weight is 614 g/mol. The monoisotopic (exact) mass is 613 g/mol. The van der Waals surface area contributed by atoms with Crippen LogP contribution in [0.5, 0.6) is 0 Å². The van der Waals surface area contributed by atoms with E-state index in [4.69, 9.17) is 4.98 Å². The van der Waals surface area contributed by atoms with Gasteiger partial charge >= 0.3 is 0 Å². The van der Waals surface area contributed by atoms with E-state index in [1.165, 1.54) is 11.8 Å². The number of benzene rings is 2. The first-order valence-electron chi connectivity index (χ1n) is 15.4. The fourth-order valence-electron chi connectivity index (χ4n) is 6.24. The summed E-state index contributed by atoms with van der Waals surface area (Å²) in [5.41, 5.74) is 5.75. The summed E-state index contributed by atoms with van der Waals surface area (Å²) in [7, 11) is 2.15. The Hall–Kier alpha value is -5.55. The minimum atomic E-state index is -0.252. The number of nitrogens with zero attached hydrogens (tertiary/aromatic N) is 8. The van der Waals surface area contributed by atoms with Gasteiger partial charge in [-0.3, -0.25) is 19.1 Å². The first kappa shape index (κ1) is 29.2. The van der Waals surface area contributed by atoms with E-state index in [0.29, 0.717) is 41.4 Å². The van der Waals surface area contributed by atoms with Crippen LogP contribution in [0.3, 0.4) is 0 Å². The molecule has 1 amide bonds. The summed E-state index contributed by atoms with van der Waals surface area (Å²) in [6.45, 7) is 10.6. The number of anilines is 6. The minimum Gasteiger partial charge on any atom is -0.369 e. The number of fused-ring (bicyclic) bond motifs is 2. The summed E-state index contributed by atoms with van der Waals surface area (Å²) in [6, 6.07) is 19.5. The van der Waals surface area contributed by atoms with Crippen LogP contribution in [0.15, 0.2) is 96.7 Å². The molecule has 5 heterocycles. The third-order valence-corrected chi connectivity index (χ3v) is 8.67. The molecule has 1 N–H and O–H groups in total. The second-order valence-corrected chi connectivity index (χ2v) is 11.6. The van der Waals surface area contributed by atoms with Gasteiger partial charge in [-0.2, -0.15) is 4.98 Å². The molecule has 1 fully saturated rings. The Kier molecular flexibility index (Phi) is 7.67. The predicted octanol–water partition coefficient (Wildman–Crippen LogP) is 4.65. The number of pyridine rings is 2. The molecule has 0 unspecified atom stereocenters. The quantitative estimate of drug-likeness (QED) is 0.274. The van der Waals surface area contributed by atoms with Gasteiger partial charge in [0, 0.05) is 68.4 Å². The van der Waals surface area contributed by atoms with Crippen molar-refractivity contribution in [1.29, 1.82) is 0 Å². The van der Waals surface area contributed by atoms with Gasteiger partial charge in [0.1, 0.15) is 5.69 Å². The number of hydrogen-bond acceptors (Lipinski definition) is 9. The van der Waals surface area contributed by atoms with E-state index in [-0.39, 0.29) is 11.5 Å². The fraction of sp³-hybridized carbons (Fsp3) is 0.229. The van der Waals surface area contributed by atoms with Crippen molar-refractivity contribution >= 4 is 51.3 Å². The maximum absolute atomic E-state index is 14.4. The molecule has 3 aromatic heterocycles. The van der Waals surface area contributed by atoms with Gasteiger partial charge in [-0.25, -0.2) is 4.98 Å². The van der Waals surface area contributed by atoms with Gasteiger partial charge in [-0.15, -0.1) is 0 Å². The summed E-state index contributed by atoms with van der Waals surface area (Å²) < 4.78 is 1.58. The predicted molar refractivity (Wildman–Crippen MR) is 183 cm³/mol. The zero-order valence-corrected chi connectivity index (χ0v) is 25.9. The Labute approximate surface area is 267 Å². The van der Waals surface area contributed by atoms with E-state index in [1.807, 2.05) is 54.3 Å². The SMILES string of the molecule is C=CC(=O)N1CCN(c2cc3cnc(Nc4ccc(N5CCN(C)CC5)cc4)nc3n(-c3cccnc3)c2=O)c2cccc(C)c21. The van der Waals surface area contributed by atoms with E-state index >= 15 is 0 Å². The van der Waals surface area contributed by atoms with Crippen LogP contribution in [0.25, 0.3) is 16.7 Å². The number of carbonyl (C=O) groups excluding carboxylic acids is 1. The van der Waals surface area contributed by atoms with Gasteiger partial charge in [-0.05, 0) is 74.1 Å². The molecule has 232 valence electrons. The van der Waals surface area contributed by atoms with Crippen molar-refractivity contribution < 1.29 is 4.79 Å². The zero-order chi connectivity index (χ0) is 31.8. The highest BCUT2D eigenvalue weighted by atomic mass is 16.2. The maximum atomic E-state index is 14.4. The molecular weight excluding hydrogens is 578 g/mol. The molecule has 46 heavy (non-hydrogen) atoms. The molecule has 0 atom stereocenters. The lowest BCUT2D eigenvalue weighted by atomic mass is 10.1. The summed E-state index contributed by atoms with van der Waals surface area (Å²) in [5.74, 6) is 0.200. The van der Waals surface area contributed by atoms with Crippen molar-refractivity contribution in [3.63, 3.8) is 0 Å². The lowest BCUT2D eigenvalue weighted by Gasteiger charge is -2.38. The Morgan fingerprint density at radius 3 is 2.46 bits per heavy atom. The molecule has 0 radical (unpaired) electrons. The molecule has 0 saturated carbocycles. The zero-order valence-electron chi connectivity index (χ0n) is 25.9. The molecule has 2 aromatic carbocycles. The van der Waals surface area contributed by atoms with Gasteiger partial charge in [-0.1, -0.05) is 18.7 Å². The van der Waals surface area contributed by atoms with Crippen LogP contribution in [-0.4, -0.2) is 76.6 Å². The molecule has 0 aliphatic carbocycles. The van der Waals surface area contributed by atoms with E-state index in [1.54, 1.807) is 34.1 Å². The van der Waals surface area contributed by atoms with Crippen molar-refractivity contribution in [3.05, 3.63) is 108 Å². The van der Waals surface area contributed by atoms with Gasteiger partial charge in [0.2, 0.25) is 5.95 Å². The van der Waals surface area contributed by atoms with Crippen LogP contribution in [-0.2, 0) is 4.79 Å². The van der Waals surface area contributed by atoms with Crippen molar-refractivity contribution in [2.24, 2.45) is 0 Å². The van der Waals surface area contributed by atoms with Crippen molar-refractivity contribution in [3.8, 4) is 5.69 Å². The third kappa shape index (κ3) is 5.34. The number of para-hydroxylation sites is 1. The highest BCUT2D eigenvalue weighted by molar-refractivity contribution is 6.05. The van der Waals surface area contributed by atoms with Crippen molar-refractivity contribution in [2.45, 2.75) is 6.92 Å². The molecule has 0 bridgehead atoms. The smallest absolute Gasteiger partial charge is 0.280 e. The molecule has 0 spiro atoms. The Morgan fingerprint density at radius 2 is 1.72 bits per heavy atom. The molecule has 5 aromatic rings. The topological polar surface area (TPSA) is 103 Å². The average Bonchev–Trinajstić information content (AvgIpc) is 3.08. The normalized spacial score (nSPS) is 15.1. The lowest BCUT2D eigenvalue weighted by Crippen LogP contribution is -2.44. The molecular formula is C35H35N9O2. The largest absolute Gasteiger partial charge is 0.369 e. The van der Waals surface area contributed by atoms with Gasteiger partial charge < -0.3 is 24.9 Å². The number of rotatable bonds is 6. The Morgan fingerprint density at radius 1 is 0.913 bits per heavy atom. The third-order valence-electron chi connectivity index (χ3n) is 8.67. The number of aromatic nitrogens is 4. The number of aryl methyl sites for hydroxylation is 1. The molecule has 11 nitrogen and oxygen atoms in total. The number of piperazine rings is 1. The Balaban J connectivity index is 1.28. The van der Waals surface area contributed by atoms with Crippen LogP contribution in [0.2, 0.25) is 0 Å². The number of amides is 1.